The molecule has 0 saturated heterocycles. The van der Waals surface area contributed by atoms with Crippen molar-refractivity contribution in [1.82, 2.24) is 15.2 Å². The van der Waals surface area contributed by atoms with Crippen LogP contribution in [0.3, 0.4) is 0 Å². The van der Waals surface area contributed by atoms with Crippen LogP contribution in [0.25, 0.3) is 0 Å². The van der Waals surface area contributed by atoms with E-state index >= 15 is 0 Å². The highest BCUT2D eigenvalue weighted by Crippen LogP contribution is 1.57. The molecule has 0 aliphatic rings. The molecule has 1 heterocycles. The van der Waals surface area contributed by atoms with Crippen molar-refractivity contribution in [2.75, 3.05) is 0 Å². The minimum absolute atomic E-state index is 1.44. The summed E-state index contributed by atoms with van der Waals surface area (Å²) < 4.78 is 0. The smallest absolute Gasteiger partial charge is 0.137 e. The maximum absolute atomic E-state index is 3.56. The van der Waals surface area contributed by atoms with E-state index in [1.807, 2.05) is 26.0 Å². The third-order valence-electron chi connectivity index (χ3n) is 0.665. The number of allylic oxidation sites excluding steroid dienone is 2. The Balaban J connectivity index is 0.000000148. The molecule has 0 amide bonds. The zero-order valence-corrected chi connectivity index (χ0v) is 5.70. The fourth-order valence-electron chi connectivity index (χ4n) is 0.167. The van der Waals surface area contributed by atoms with Crippen LogP contribution in [-0.4, -0.2) is 15.2 Å². The summed E-state index contributed by atoms with van der Waals surface area (Å²) in [5.74, 6) is 0. The number of rotatable bonds is 0. The number of H-pyrrole nitrogens is 1. The maximum Gasteiger partial charge on any atom is 0.137 e. The lowest BCUT2D eigenvalue weighted by Gasteiger charge is -1.49. The molecule has 1 rings (SSSR count). The highest BCUT2D eigenvalue weighted by Gasteiger charge is 1.57. The van der Waals surface area contributed by atoms with Crippen LogP contribution >= 0.6 is 0 Å². The predicted octanol–water partition coefficient (Wildman–Crippen LogP) is 1.39. The molecule has 3 heteroatoms. The molecule has 9 heavy (non-hydrogen) atoms. The van der Waals surface area contributed by atoms with E-state index in [-0.39, 0.29) is 0 Å². The molecular formula is C6H11N3. The molecule has 0 aliphatic heterocycles. The number of nitrogens with one attached hydrogen (secondary N) is 1. The molecule has 3 nitrogen and oxygen atoms in total. The van der Waals surface area contributed by atoms with Crippen LogP contribution in [0.2, 0.25) is 0 Å². The summed E-state index contributed by atoms with van der Waals surface area (Å²) in [4.78, 5) is 3.56. The highest BCUT2D eigenvalue weighted by molar-refractivity contribution is 4.68. The lowest BCUT2D eigenvalue weighted by molar-refractivity contribution is 1.09. The van der Waals surface area contributed by atoms with Gasteiger partial charge in [0.05, 0.1) is 0 Å². The van der Waals surface area contributed by atoms with Gasteiger partial charge >= 0.3 is 0 Å². The van der Waals surface area contributed by atoms with Gasteiger partial charge in [-0.1, -0.05) is 12.2 Å². The number of aromatic nitrogens is 3. The van der Waals surface area contributed by atoms with Gasteiger partial charge in [-0.05, 0) is 13.8 Å². The number of hydrogen-bond acceptors (Lipinski definition) is 2. The fourth-order valence-corrected chi connectivity index (χ4v) is 0.167. The Morgan fingerprint density at radius 2 is 2.00 bits per heavy atom. The van der Waals surface area contributed by atoms with Gasteiger partial charge < -0.3 is 0 Å². The average Bonchev–Trinajstić information content (AvgIpc) is 2.43. The third kappa shape index (κ3) is 6.88. The molecule has 0 unspecified atom stereocenters. The van der Waals surface area contributed by atoms with Gasteiger partial charge in [-0.3, -0.25) is 5.10 Å². The zero-order valence-electron chi connectivity index (χ0n) is 5.70. The van der Waals surface area contributed by atoms with E-state index in [0.29, 0.717) is 0 Å². The minimum Gasteiger partial charge on any atom is -0.266 e. The number of aromatic amines is 1. The lowest BCUT2D eigenvalue weighted by atomic mass is 10.6. The van der Waals surface area contributed by atoms with Gasteiger partial charge in [-0.2, -0.15) is 5.10 Å². The van der Waals surface area contributed by atoms with Gasteiger partial charge in [0.25, 0.3) is 0 Å². The van der Waals surface area contributed by atoms with Gasteiger partial charge in [0, 0.05) is 0 Å². The first-order chi connectivity index (χ1) is 4.41. The summed E-state index contributed by atoms with van der Waals surface area (Å²) >= 11 is 0. The van der Waals surface area contributed by atoms with Crippen molar-refractivity contribution in [2.45, 2.75) is 13.8 Å². The molecule has 1 N–H and O–H groups in total. The second kappa shape index (κ2) is 6.88. The summed E-state index contributed by atoms with van der Waals surface area (Å²) in [5, 5.41) is 5.99. The van der Waals surface area contributed by atoms with E-state index in [4.69, 9.17) is 0 Å². The van der Waals surface area contributed by atoms with Gasteiger partial charge in [-0.15, -0.1) is 0 Å². The quantitative estimate of drug-likeness (QED) is 0.532. The highest BCUT2D eigenvalue weighted by atomic mass is 15.2. The maximum atomic E-state index is 3.56. The Kier molecular flexibility index (Phi) is 6.02. The minimum atomic E-state index is 1.44. The summed E-state index contributed by atoms with van der Waals surface area (Å²) in [6, 6.07) is 0. The summed E-state index contributed by atoms with van der Waals surface area (Å²) in [6.45, 7) is 4.00. The summed E-state index contributed by atoms with van der Waals surface area (Å²) in [5.41, 5.74) is 0. The molecule has 0 aliphatic carbocycles. The van der Waals surface area contributed by atoms with Crippen molar-refractivity contribution in [3.05, 3.63) is 24.8 Å². The van der Waals surface area contributed by atoms with Gasteiger partial charge in [0.2, 0.25) is 0 Å². The second-order valence-corrected chi connectivity index (χ2v) is 1.32. The van der Waals surface area contributed by atoms with Gasteiger partial charge in [0.1, 0.15) is 12.7 Å². The van der Waals surface area contributed by atoms with Crippen LogP contribution < -0.4 is 0 Å². The molecule has 0 spiro atoms. The van der Waals surface area contributed by atoms with Crippen molar-refractivity contribution in [3.8, 4) is 0 Å². The fraction of sp³-hybridized carbons (Fsp3) is 0.333. The molecule has 1 aromatic heterocycles. The second-order valence-electron chi connectivity index (χ2n) is 1.32. The molecule has 50 valence electrons. The van der Waals surface area contributed by atoms with Gasteiger partial charge in [-0.25, -0.2) is 4.98 Å². The van der Waals surface area contributed by atoms with E-state index < -0.39 is 0 Å². The van der Waals surface area contributed by atoms with Crippen molar-refractivity contribution in [2.24, 2.45) is 0 Å². The van der Waals surface area contributed by atoms with Crippen LogP contribution in [0, 0.1) is 0 Å². The molecule has 0 bridgehead atoms. The Bertz CT molecular complexity index is 111. The topological polar surface area (TPSA) is 41.6 Å². The monoisotopic (exact) mass is 125 g/mol. The van der Waals surface area contributed by atoms with Crippen LogP contribution in [0.1, 0.15) is 13.8 Å². The molecule has 0 fully saturated rings. The van der Waals surface area contributed by atoms with E-state index in [0.717, 1.165) is 0 Å². The molecule has 1 aromatic rings. The number of nitrogens with zero attached hydrogens (tertiary/aromatic N) is 2. The molecule has 0 aromatic carbocycles. The molecule has 0 radical (unpaired) electrons. The molecule has 0 saturated carbocycles. The van der Waals surface area contributed by atoms with Gasteiger partial charge in [0.15, 0.2) is 0 Å². The van der Waals surface area contributed by atoms with Crippen LogP contribution in [-0.2, 0) is 0 Å². The van der Waals surface area contributed by atoms with E-state index in [9.17, 15) is 0 Å². The standard InChI is InChI=1S/C4H8.C2H3N3/c1-3-4-2;1-3-2-5-4-1/h3-4H,1-2H3;1-2H,(H,3,4,5). The first-order valence-electron chi connectivity index (χ1n) is 2.77. The Labute approximate surface area is 54.8 Å². The SMILES string of the molecule is CC=CC.c1nc[nH]n1. The molecule has 0 atom stereocenters. The van der Waals surface area contributed by atoms with E-state index in [1.165, 1.54) is 12.7 Å². The van der Waals surface area contributed by atoms with Crippen molar-refractivity contribution in [1.29, 1.82) is 0 Å². The average molecular weight is 125 g/mol. The molecular weight excluding hydrogens is 114 g/mol. The normalized spacial score (nSPS) is 8.67. The van der Waals surface area contributed by atoms with Crippen molar-refractivity contribution < 1.29 is 0 Å². The lowest BCUT2D eigenvalue weighted by Crippen LogP contribution is -1.53. The predicted molar refractivity (Wildman–Crippen MR) is 36.9 cm³/mol. The van der Waals surface area contributed by atoms with E-state index in [2.05, 4.69) is 15.2 Å². The Morgan fingerprint density at radius 3 is 2.11 bits per heavy atom. The third-order valence-corrected chi connectivity index (χ3v) is 0.665. The first-order valence-corrected chi connectivity index (χ1v) is 2.77. The van der Waals surface area contributed by atoms with Crippen molar-refractivity contribution >= 4 is 0 Å². The summed E-state index contributed by atoms with van der Waals surface area (Å²) in [6.07, 6.45) is 6.96. The van der Waals surface area contributed by atoms with E-state index in [1.54, 1.807) is 0 Å². The number of hydrogen-bond donors (Lipinski definition) is 1. The Hall–Kier alpha value is -1.12. The van der Waals surface area contributed by atoms with Crippen LogP contribution in [0.4, 0.5) is 0 Å². The largest absolute Gasteiger partial charge is 0.266 e. The van der Waals surface area contributed by atoms with Crippen LogP contribution in [0.15, 0.2) is 24.8 Å². The first kappa shape index (κ1) is 7.88. The van der Waals surface area contributed by atoms with Crippen LogP contribution in [0.5, 0.6) is 0 Å². The Morgan fingerprint density at radius 1 is 1.33 bits per heavy atom. The summed E-state index contributed by atoms with van der Waals surface area (Å²) in [7, 11) is 0. The zero-order chi connectivity index (χ0) is 6.95. The van der Waals surface area contributed by atoms with Crippen molar-refractivity contribution in [3.63, 3.8) is 0 Å².